The van der Waals surface area contributed by atoms with Gasteiger partial charge in [0.15, 0.2) is 0 Å². The first-order valence-electron chi connectivity index (χ1n) is 7.28. The molecular formula is C16H25BrClN. The average Bonchev–Trinajstić information content (AvgIpc) is 2.39. The molecule has 0 aliphatic heterocycles. The Kier molecular flexibility index (Phi) is 8.76. The van der Waals surface area contributed by atoms with Gasteiger partial charge in [-0.3, -0.25) is 0 Å². The van der Waals surface area contributed by atoms with E-state index in [2.05, 4.69) is 40.3 Å². The van der Waals surface area contributed by atoms with Crippen molar-refractivity contribution in [3.63, 3.8) is 0 Å². The zero-order valence-electron chi connectivity index (χ0n) is 12.0. The fraction of sp³-hybridized carbons (Fsp3) is 0.625. The zero-order valence-corrected chi connectivity index (χ0v) is 14.4. The molecule has 19 heavy (non-hydrogen) atoms. The number of rotatable bonds is 9. The molecule has 108 valence electrons. The molecule has 3 heteroatoms. The minimum atomic E-state index is 0.528. The second kappa shape index (κ2) is 9.79. The van der Waals surface area contributed by atoms with Crippen LogP contribution < -0.4 is 5.32 Å². The lowest BCUT2D eigenvalue weighted by atomic mass is 10.00. The Morgan fingerprint density at radius 2 is 1.95 bits per heavy atom. The molecule has 0 saturated heterocycles. The van der Waals surface area contributed by atoms with Gasteiger partial charge in [0.2, 0.25) is 0 Å². The highest BCUT2D eigenvalue weighted by molar-refractivity contribution is 9.10. The highest BCUT2D eigenvalue weighted by Crippen LogP contribution is 2.23. The second-order valence-corrected chi connectivity index (χ2v) is 6.45. The fourth-order valence-corrected chi connectivity index (χ4v) is 3.05. The normalized spacial score (nSPS) is 12.6. The highest BCUT2D eigenvalue weighted by Gasteiger charge is 2.09. The molecule has 0 aromatic heterocycles. The summed E-state index contributed by atoms with van der Waals surface area (Å²) >= 11 is 9.72. The lowest BCUT2D eigenvalue weighted by Gasteiger charge is -2.17. The predicted molar refractivity (Wildman–Crippen MR) is 89.1 cm³/mol. The van der Waals surface area contributed by atoms with Crippen LogP contribution in [0.4, 0.5) is 0 Å². The number of hydrogen-bond donors (Lipinski definition) is 1. The van der Waals surface area contributed by atoms with Crippen molar-refractivity contribution in [1.29, 1.82) is 0 Å². The minimum Gasteiger partial charge on any atom is -0.317 e. The summed E-state index contributed by atoms with van der Waals surface area (Å²) < 4.78 is 1.04. The van der Waals surface area contributed by atoms with E-state index >= 15 is 0 Å². The van der Waals surface area contributed by atoms with Gasteiger partial charge in [0.1, 0.15) is 0 Å². The number of unbranched alkanes of at least 4 members (excludes halogenated alkanes) is 4. The monoisotopic (exact) mass is 345 g/mol. The number of benzene rings is 1. The van der Waals surface area contributed by atoms with E-state index in [0.29, 0.717) is 6.04 Å². The standard InChI is InChI=1S/C16H25BrClN/c1-3-4-5-6-7-8-15(19-2)11-13-9-10-14(17)12-16(13)18/h9-10,12,15,19H,3-8,11H2,1-2H3. The van der Waals surface area contributed by atoms with Crippen LogP contribution in [-0.2, 0) is 6.42 Å². The van der Waals surface area contributed by atoms with Crippen LogP contribution in [-0.4, -0.2) is 13.1 Å². The van der Waals surface area contributed by atoms with Crippen molar-refractivity contribution in [2.75, 3.05) is 7.05 Å². The number of nitrogens with one attached hydrogen (secondary N) is 1. The van der Waals surface area contributed by atoms with Crippen LogP contribution in [0.5, 0.6) is 0 Å². The van der Waals surface area contributed by atoms with E-state index in [1.165, 1.54) is 44.1 Å². The quantitative estimate of drug-likeness (QED) is 0.574. The summed E-state index contributed by atoms with van der Waals surface area (Å²) in [5.74, 6) is 0. The van der Waals surface area contributed by atoms with Gasteiger partial charge in [-0.2, -0.15) is 0 Å². The van der Waals surface area contributed by atoms with Crippen molar-refractivity contribution < 1.29 is 0 Å². The van der Waals surface area contributed by atoms with Crippen LogP contribution in [0.15, 0.2) is 22.7 Å². The van der Waals surface area contributed by atoms with E-state index in [4.69, 9.17) is 11.6 Å². The molecule has 0 fully saturated rings. The van der Waals surface area contributed by atoms with E-state index in [9.17, 15) is 0 Å². The molecule has 0 aliphatic rings. The minimum absolute atomic E-state index is 0.528. The molecular weight excluding hydrogens is 322 g/mol. The summed E-state index contributed by atoms with van der Waals surface area (Å²) in [5, 5.41) is 4.27. The first-order valence-corrected chi connectivity index (χ1v) is 8.45. The molecule has 1 unspecified atom stereocenters. The van der Waals surface area contributed by atoms with Crippen molar-refractivity contribution in [2.45, 2.75) is 57.9 Å². The van der Waals surface area contributed by atoms with Gasteiger partial charge in [-0.25, -0.2) is 0 Å². The van der Waals surface area contributed by atoms with Crippen LogP contribution in [0.2, 0.25) is 5.02 Å². The molecule has 0 bridgehead atoms. The van der Waals surface area contributed by atoms with Crippen molar-refractivity contribution in [1.82, 2.24) is 5.32 Å². The molecule has 1 aromatic rings. The molecule has 1 atom stereocenters. The third kappa shape index (κ3) is 6.78. The van der Waals surface area contributed by atoms with Gasteiger partial charge in [-0.15, -0.1) is 0 Å². The Morgan fingerprint density at radius 1 is 1.21 bits per heavy atom. The lowest BCUT2D eigenvalue weighted by molar-refractivity contribution is 0.482. The smallest absolute Gasteiger partial charge is 0.0449 e. The maximum absolute atomic E-state index is 6.28. The Bertz CT molecular complexity index is 368. The van der Waals surface area contributed by atoms with Crippen LogP contribution in [0.3, 0.4) is 0 Å². The highest BCUT2D eigenvalue weighted by atomic mass is 79.9. The SMILES string of the molecule is CCCCCCCC(Cc1ccc(Br)cc1Cl)NC. The maximum atomic E-state index is 6.28. The van der Waals surface area contributed by atoms with Gasteiger partial charge in [-0.1, -0.05) is 72.6 Å². The molecule has 1 aromatic carbocycles. The molecule has 0 aliphatic carbocycles. The fourth-order valence-electron chi connectivity index (χ4n) is 2.30. The van der Waals surface area contributed by atoms with Crippen molar-refractivity contribution >= 4 is 27.5 Å². The van der Waals surface area contributed by atoms with E-state index in [-0.39, 0.29) is 0 Å². The van der Waals surface area contributed by atoms with Crippen molar-refractivity contribution in [3.8, 4) is 0 Å². The Balaban J connectivity index is 2.39. The van der Waals surface area contributed by atoms with Gasteiger partial charge < -0.3 is 5.32 Å². The molecule has 1 nitrogen and oxygen atoms in total. The number of likely N-dealkylation sites (N-methyl/N-ethyl adjacent to an activating group) is 1. The summed E-state index contributed by atoms with van der Waals surface area (Å²) in [6.07, 6.45) is 8.93. The molecule has 0 spiro atoms. The van der Waals surface area contributed by atoms with Gasteiger partial charge in [-0.05, 0) is 37.6 Å². The molecule has 1 N–H and O–H groups in total. The van der Waals surface area contributed by atoms with E-state index in [1.807, 2.05) is 13.1 Å². The Morgan fingerprint density at radius 3 is 2.58 bits per heavy atom. The van der Waals surface area contributed by atoms with Crippen LogP contribution >= 0.6 is 27.5 Å². The third-order valence-corrected chi connectivity index (χ3v) is 4.39. The summed E-state index contributed by atoms with van der Waals surface area (Å²) in [4.78, 5) is 0. The first-order chi connectivity index (χ1) is 9.17. The Labute approximate surface area is 131 Å². The second-order valence-electron chi connectivity index (χ2n) is 5.13. The van der Waals surface area contributed by atoms with Crippen LogP contribution in [0.25, 0.3) is 0 Å². The summed E-state index contributed by atoms with van der Waals surface area (Å²) in [6, 6.07) is 6.69. The van der Waals surface area contributed by atoms with Gasteiger partial charge in [0.25, 0.3) is 0 Å². The van der Waals surface area contributed by atoms with Crippen molar-refractivity contribution in [3.05, 3.63) is 33.3 Å². The van der Waals surface area contributed by atoms with Gasteiger partial charge in [0.05, 0.1) is 0 Å². The van der Waals surface area contributed by atoms with Crippen LogP contribution in [0, 0.1) is 0 Å². The lowest BCUT2D eigenvalue weighted by Crippen LogP contribution is -2.27. The molecule has 0 radical (unpaired) electrons. The van der Waals surface area contributed by atoms with Crippen LogP contribution in [0.1, 0.15) is 51.0 Å². The number of halogens is 2. The van der Waals surface area contributed by atoms with E-state index in [1.54, 1.807) is 0 Å². The molecule has 0 heterocycles. The Hall–Kier alpha value is -0.0500. The first kappa shape index (κ1) is 17.0. The maximum Gasteiger partial charge on any atom is 0.0449 e. The van der Waals surface area contributed by atoms with E-state index in [0.717, 1.165) is 15.9 Å². The molecule has 1 rings (SSSR count). The third-order valence-electron chi connectivity index (χ3n) is 3.55. The predicted octanol–water partition coefficient (Wildman–Crippen LogP) is 5.59. The average molecular weight is 347 g/mol. The van der Waals surface area contributed by atoms with E-state index < -0.39 is 0 Å². The summed E-state index contributed by atoms with van der Waals surface area (Å²) in [6.45, 7) is 2.26. The molecule has 0 amide bonds. The van der Waals surface area contributed by atoms with Crippen molar-refractivity contribution in [2.24, 2.45) is 0 Å². The topological polar surface area (TPSA) is 12.0 Å². The number of hydrogen-bond acceptors (Lipinski definition) is 1. The summed E-state index contributed by atoms with van der Waals surface area (Å²) in [5.41, 5.74) is 1.23. The summed E-state index contributed by atoms with van der Waals surface area (Å²) in [7, 11) is 2.05. The van der Waals surface area contributed by atoms with Gasteiger partial charge >= 0.3 is 0 Å². The molecule has 0 saturated carbocycles. The van der Waals surface area contributed by atoms with Gasteiger partial charge in [0, 0.05) is 15.5 Å². The largest absolute Gasteiger partial charge is 0.317 e. The zero-order chi connectivity index (χ0) is 14.1.